The van der Waals surface area contributed by atoms with Crippen molar-refractivity contribution in [2.24, 2.45) is 0 Å². The van der Waals surface area contributed by atoms with Gasteiger partial charge in [-0.3, -0.25) is 4.79 Å². The number of amides is 1. The maximum atomic E-state index is 11.6. The number of carbonyl (C=O) groups is 1. The van der Waals surface area contributed by atoms with Crippen molar-refractivity contribution in [3.63, 3.8) is 0 Å². The maximum absolute atomic E-state index is 11.6. The van der Waals surface area contributed by atoms with Gasteiger partial charge in [0.25, 0.3) is 0 Å². The molecule has 0 radical (unpaired) electrons. The molecule has 1 aromatic rings. The molecule has 100 valence electrons. The summed E-state index contributed by atoms with van der Waals surface area (Å²) < 4.78 is 10.3. The highest BCUT2D eigenvalue weighted by molar-refractivity contribution is 5.77. The van der Waals surface area contributed by atoms with Crippen LogP contribution in [-0.4, -0.2) is 26.2 Å². The van der Waals surface area contributed by atoms with Gasteiger partial charge in [0.15, 0.2) is 0 Å². The first-order valence-electron chi connectivity index (χ1n) is 6.18. The van der Waals surface area contributed by atoms with E-state index < -0.39 is 0 Å². The molecule has 1 N–H and O–H groups in total. The number of carbonyl (C=O) groups excluding carboxylic acids is 1. The Balaban J connectivity index is 2.48. The molecule has 0 saturated heterocycles. The smallest absolute Gasteiger partial charge is 0.246 e. The molecule has 0 fully saturated rings. The van der Waals surface area contributed by atoms with E-state index in [0.29, 0.717) is 6.61 Å². The quantitative estimate of drug-likeness (QED) is 0.756. The Morgan fingerprint density at radius 2 is 2.22 bits per heavy atom. The highest BCUT2D eigenvalue weighted by Crippen LogP contribution is 2.18. The van der Waals surface area contributed by atoms with Crippen molar-refractivity contribution in [1.82, 2.24) is 5.32 Å². The third kappa shape index (κ3) is 4.75. The molecular weight excluding hydrogens is 230 g/mol. The van der Waals surface area contributed by atoms with Crippen LogP contribution in [0.3, 0.4) is 0 Å². The number of hydrogen-bond acceptors (Lipinski definition) is 3. The molecule has 0 spiro atoms. The van der Waals surface area contributed by atoms with E-state index in [4.69, 9.17) is 9.47 Å². The zero-order chi connectivity index (χ0) is 13.4. The second kappa shape index (κ2) is 7.71. The molecule has 0 saturated carbocycles. The van der Waals surface area contributed by atoms with Gasteiger partial charge in [0.2, 0.25) is 5.91 Å². The molecule has 4 nitrogen and oxygen atoms in total. The van der Waals surface area contributed by atoms with E-state index in [1.54, 1.807) is 7.11 Å². The van der Waals surface area contributed by atoms with Gasteiger partial charge in [-0.2, -0.15) is 0 Å². The number of rotatable bonds is 7. The number of methoxy groups -OCH3 is 1. The van der Waals surface area contributed by atoms with Gasteiger partial charge in [-0.05, 0) is 31.0 Å². The van der Waals surface area contributed by atoms with Crippen LogP contribution in [0.2, 0.25) is 0 Å². The highest BCUT2D eigenvalue weighted by atomic mass is 16.5. The SMILES string of the molecule is CCCOCC(=O)N[C@H](C)c1cccc(OC)c1. The number of ether oxygens (including phenoxy) is 2. The summed E-state index contributed by atoms with van der Waals surface area (Å²) in [7, 11) is 1.63. The predicted octanol–water partition coefficient (Wildman–Crippen LogP) is 2.30. The first-order chi connectivity index (χ1) is 8.67. The average Bonchev–Trinajstić information content (AvgIpc) is 2.39. The van der Waals surface area contributed by atoms with Gasteiger partial charge in [0, 0.05) is 6.61 Å². The second-order valence-corrected chi connectivity index (χ2v) is 4.12. The minimum Gasteiger partial charge on any atom is -0.497 e. The summed E-state index contributed by atoms with van der Waals surface area (Å²) in [5.74, 6) is 0.689. The van der Waals surface area contributed by atoms with E-state index in [1.807, 2.05) is 38.1 Å². The first-order valence-corrected chi connectivity index (χ1v) is 6.18. The third-order valence-corrected chi connectivity index (χ3v) is 2.55. The molecule has 0 aromatic heterocycles. The van der Waals surface area contributed by atoms with Crippen LogP contribution >= 0.6 is 0 Å². The average molecular weight is 251 g/mol. The van der Waals surface area contributed by atoms with E-state index >= 15 is 0 Å². The van der Waals surface area contributed by atoms with Crippen molar-refractivity contribution in [2.45, 2.75) is 26.3 Å². The monoisotopic (exact) mass is 251 g/mol. The lowest BCUT2D eigenvalue weighted by Crippen LogP contribution is -2.30. The molecule has 0 heterocycles. The molecule has 0 unspecified atom stereocenters. The summed E-state index contributed by atoms with van der Waals surface area (Å²) >= 11 is 0. The summed E-state index contributed by atoms with van der Waals surface area (Å²) in [4.78, 5) is 11.6. The Morgan fingerprint density at radius 3 is 2.89 bits per heavy atom. The molecule has 0 bridgehead atoms. The van der Waals surface area contributed by atoms with Crippen molar-refractivity contribution in [1.29, 1.82) is 0 Å². The third-order valence-electron chi connectivity index (χ3n) is 2.55. The zero-order valence-corrected chi connectivity index (χ0v) is 11.2. The molecular formula is C14H21NO3. The summed E-state index contributed by atoms with van der Waals surface area (Å²) in [6.45, 7) is 4.67. The number of hydrogen-bond donors (Lipinski definition) is 1. The Bertz CT molecular complexity index is 379. The molecule has 4 heteroatoms. The van der Waals surface area contributed by atoms with E-state index in [9.17, 15) is 4.79 Å². The van der Waals surface area contributed by atoms with Gasteiger partial charge in [-0.1, -0.05) is 19.1 Å². The summed E-state index contributed by atoms with van der Waals surface area (Å²) in [5, 5.41) is 2.89. The van der Waals surface area contributed by atoms with Crippen molar-refractivity contribution in [3.8, 4) is 5.75 Å². The van der Waals surface area contributed by atoms with Gasteiger partial charge in [-0.25, -0.2) is 0 Å². The van der Waals surface area contributed by atoms with E-state index in [1.165, 1.54) is 0 Å². The van der Waals surface area contributed by atoms with Gasteiger partial charge < -0.3 is 14.8 Å². The minimum atomic E-state index is -0.0984. The van der Waals surface area contributed by atoms with Gasteiger partial charge in [0.1, 0.15) is 12.4 Å². The lowest BCUT2D eigenvalue weighted by Gasteiger charge is -2.15. The predicted molar refractivity (Wildman–Crippen MR) is 70.7 cm³/mol. The molecule has 1 aromatic carbocycles. The van der Waals surface area contributed by atoms with Crippen LogP contribution in [0, 0.1) is 0 Å². The molecule has 1 amide bonds. The molecule has 1 rings (SSSR count). The molecule has 1 atom stereocenters. The fourth-order valence-corrected chi connectivity index (χ4v) is 1.59. The number of nitrogens with one attached hydrogen (secondary N) is 1. The van der Waals surface area contributed by atoms with Crippen LogP contribution in [0.15, 0.2) is 24.3 Å². The lowest BCUT2D eigenvalue weighted by atomic mass is 10.1. The molecule has 18 heavy (non-hydrogen) atoms. The summed E-state index contributed by atoms with van der Waals surface area (Å²) in [6.07, 6.45) is 0.915. The van der Waals surface area contributed by atoms with Crippen molar-refractivity contribution in [2.75, 3.05) is 20.3 Å². The Kier molecular flexibility index (Phi) is 6.22. The van der Waals surface area contributed by atoms with Crippen molar-refractivity contribution in [3.05, 3.63) is 29.8 Å². The fraction of sp³-hybridized carbons (Fsp3) is 0.500. The number of benzene rings is 1. The zero-order valence-electron chi connectivity index (χ0n) is 11.2. The normalized spacial score (nSPS) is 11.9. The van der Waals surface area contributed by atoms with Crippen LogP contribution < -0.4 is 10.1 Å². The molecule has 0 aliphatic heterocycles. The summed E-state index contributed by atoms with van der Waals surface area (Å²) in [6, 6.07) is 7.60. The van der Waals surface area contributed by atoms with E-state index in [0.717, 1.165) is 17.7 Å². The lowest BCUT2D eigenvalue weighted by molar-refractivity contribution is -0.126. The van der Waals surface area contributed by atoms with Gasteiger partial charge in [-0.15, -0.1) is 0 Å². The van der Waals surface area contributed by atoms with Crippen molar-refractivity contribution < 1.29 is 14.3 Å². The second-order valence-electron chi connectivity index (χ2n) is 4.12. The van der Waals surface area contributed by atoms with Gasteiger partial charge in [0.05, 0.1) is 13.2 Å². The standard InChI is InChI=1S/C14H21NO3/c1-4-8-18-10-14(16)15-11(2)12-6-5-7-13(9-12)17-3/h5-7,9,11H,4,8,10H2,1-3H3,(H,15,16)/t11-/m1/s1. The summed E-state index contributed by atoms with van der Waals surface area (Å²) in [5.41, 5.74) is 1.01. The largest absolute Gasteiger partial charge is 0.497 e. The van der Waals surface area contributed by atoms with Crippen LogP contribution in [0.1, 0.15) is 31.9 Å². The molecule has 0 aliphatic rings. The highest BCUT2D eigenvalue weighted by Gasteiger charge is 2.10. The van der Waals surface area contributed by atoms with Crippen LogP contribution in [0.25, 0.3) is 0 Å². The first kappa shape index (κ1) is 14.5. The van der Waals surface area contributed by atoms with Gasteiger partial charge >= 0.3 is 0 Å². The van der Waals surface area contributed by atoms with E-state index in [-0.39, 0.29) is 18.6 Å². The Labute approximate surface area is 108 Å². The minimum absolute atomic E-state index is 0.0576. The maximum Gasteiger partial charge on any atom is 0.246 e. The van der Waals surface area contributed by atoms with Crippen LogP contribution in [-0.2, 0) is 9.53 Å². The van der Waals surface area contributed by atoms with Crippen LogP contribution in [0.4, 0.5) is 0 Å². The van der Waals surface area contributed by atoms with Crippen LogP contribution in [0.5, 0.6) is 5.75 Å². The fourth-order valence-electron chi connectivity index (χ4n) is 1.59. The molecule has 0 aliphatic carbocycles. The van der Waals surface area contributed by atoms with Crippen molar-refractivity contribution >= 4 is 5.91 Å². The van der Waals surface area contributed by atoms with E-state index in [2.05, 4.69) is 5.32 Å². The Morgan fingerprint density at radius 1 is 1.44 bits per heavy atom. The topological polar surface area (TPSA) is 47.6 Å². The Hall–Kier alpha value is -1.55.